The Hall–Kier alpha value is -2.53. The van der Waals surface area contributed by atoms with Crippen LogP contribution in [0.5, 0.6) is 0 Å². The average molecular weight is 413 g/mol. The second-order valence-corrected chi connectivity index (χ2v) is 7.82. The van der Waals surface area contributed by atoms with E-state index in [9.17, 15) is 4.79 Å². The molecule has 154 valence electrons. The van der Waals surface area contributed by atoms with E-state index in [4.69, 9.17) is 16.6 Å². The second kappa shape index (κ2) is 10.3. The lowest BCUT2D eigenvalue weighted by atomic mass is 10.1. The number of benzene rings is 2. The quantitative estimate of drug-likeness (QED) is 0.551. The number of hydrogen-bond donors (Lipinski definition) is 1. The third-order valence-corrected chi connectivity index (χ3v) is 5.26. The van der Waals surface area contributed by atoms with Crippen molar-refractivity contribution in [2.75, 3.05) is 20.1 Å². The minimum Gasteiger partial charge on any atom is -0.357 e. The van der Waals surface area contributed by atoms with Crippen LogP contribution in [0.25, 0.3) is 0 Å². The molecule has 0 spiro atoms. The van der Waals surface area contributed by atoms with Gasteiger partial charge in [0.05, 0.1) is 6.54 Å². The molecule has 5 nitrogen and oxygen atoms in total. The monoisotopic (exact) mass is 412 g/mol. The molecule has 2 aromatic carbocycles. The lowest BCUT2D eigenvalue weighted by Gasteiger charge is -2.22. The van der Waals surface area contributed by atoms with Crippen molar-refractivity contribution < 1.29 is 4.79 Å². The van der Waals surface area contributed by atoms with E-state index in [1.54, 1.807) is 0 Å². The first kappa shape index (κ1) is 21.2. The van der Waals surface area contributed by atoms with Crippen LogP contribution in [0.15, 0.2) is 53.5 Å². The van der Waals surface area contributed by atoms with Gasteiger partial charge in [-0.15, -0.1) is 0 Å². The van der Waals surface area contributed by atoms with Crippen molar-refractivity contribution >= 4 is 23.5 Å². The Morgan fingerprint density at radius 2 is 1.76 bits per heavy atom. The molecule has 1 amide bonds. The van der Waals surface area contributed by atoms with Gasteiger partial charge in [-0.1, -0.05) is 48.0 Å². The predicted octanol–water partition coefficient (Wildman–Crippen LogP) is 4.06. The van der Waals surface area contributed by atoms with Crippen molar-refractivity contribution in [3.05, 3.63) is 70.2 Å². The minimum absolute atomic E-state index is 0.262. The first-order valence-electron chi connectivity index (χ1n) is 10.1. The number of guanidine groups is 1. The number of carbonyl (C=O) groups is 1. The highest BCUT2D eigenvalue weighted by Crippen LogP contribution is 2.15. The largest absolute Gasteiger partial charge is 0.357 e. The summed E-state index contributed by atoms with van der Waals surface area (Å²) in [5.74, 6) is 1.13. The van der Waals surface area contributed by atoms with Gasteiger partial charge in [-0.05, 0) is 42.2 Å². The molecular formula is C23H29ClN4O. The summed E-state index contributed by atoms with van der Waals surface area (Å²) in [6.45, 7) is 5.82. The van der Waals surface area contributed by atoms with E-state index in [2.05, 4.69) is 41.4 Å². The fraction of sp³-hybridized carbons (Fsp3) is 0.391. The van der Waals surface area contributed by atoms with Crippen LogP contribution in [0.3, 0.4) is 0 Å². The zero-order valence-corrected chi connectivity index (χ0v) is 18.0. The summed E-state index contributed by atoms with van der Waals surface area (Å²) in [6.07, 6.45) is 1.66. The standard InChI is InChI=1S/C23H29ClN4O/c1-3-25-23(27(2)16-19-10-12-21(24)13-11-19)26-15-18-6-8-20(9-7-18)17-28-14-4-5-22(28)29/h6-13H,3-5,14-17H2,1-2H3,(H,25,26). The summed E-state index contributed by atoms with van der Waals surface area (Å²) in [4.78, 5) is 20.6. The summed E-state index contributed by atoms with van der Waals surface area (Å²) < 4.78 is 0. The van der Waals surface area contributed by atoms with Gasteiger partial charge in [0, 0.05) is 44.7 Å². The first-order chi connectivity index (χ1) is 14.0. The van der Waals surface area contributed by atoms with Gasteiger partial charge in [0.1, 0.15) is 0 Å². The van der Waals surface area contributed by atoms with Gasteiger partial charge in [0.2, 0.25) is 5.91 Å². The molecule has 0 bridgehead atoms. The van der Waals surface area contributed by atoms with Crippen LogP contribution in [0, 0.1) is 0 Å². The van der Waals surface area contributed by atoms with E-state index in [1.165, 1.54) is 11.1 Å². The summed E-state index contributed by atoms with van der Waals surface area (Å²) in [5.41, 5.74) is 3.50. The summed E-state index contributed by atoms with van der Waals surface area (Å²) >= 11 is 5.97. The number of halogens is 1. The molecule has 0 saturated carbocycles. The van der Waals surface area contributed by atoms with Crippen molar-refractivity contribution in [2.24, 2.45) is 4.99 Å². The van der Waals surface area contributed by atoms with Gasteiger partial charge in [0.15, 0.2) is 5.96 Å². The van der Waals surface area contributed by atoms with Gasteiger partial charge in [0.25, 0.3) is 0 Å². The van der Waals surface area contributed by atoms with Gasteiger partial charge >= 0.3 is 0 Å². The summed E-state index contributed by atoms with van der Waals surface area (Å²) in [5, 5.41) is 4.10. The second-order valence-electron chi connectivity index (χ2n) is 7.39. The topological polar surface area (TPSA) is 47.9 Å². The van der Waals surface area contributed by atoms with E-state index in [-0.39, 0.29) is 5.91 Å². The van der Waals surface area contributed by atoms with Gasteiger partial charge in [-0.3, -0.25) is 4.79 Å². The summed E-state index contributed by atoms with van der Waals surface area (Å²) in [7, 11) is 2.03. The fourth-order valence-corrected chi connectivity index (χ4v) is 3.54. The molecule has 1 saturated heterocycles. The van der Waals surface area contributed by atoms with Crippen LogP contribution in [0.1, 0.15) is 36.5 Å². The third kappa shape index (κ3) is 6.23. The summed E-state index contributed by atoms with van der Waals surface area (Å²) in [6, 6.07) is 16.3. The van der Waals surface area contributed by atoms with Crippen LogP contribution in [0.4, 0.5) is 0 Å². The van der Waals surface area contributed by atoms with Gasteiger partial charge < -0.3 is 15.1 Å². The van der Waals surface area contributed by atoms with Crippen LogP contribution in [-0.2, 0) is 24.4 Å². The van der Waals surface area contributed by atoms with Crippen LogP contribution in [0.2, 0.25) is 5.02 Å². The molecule has 1 fully saturated rings. The Bertz CT molecular complexity index is 833. The van der Waals surface area contributed by atoms with E-state index in [0.29, 0.717) is 19.5 Å². The highest BCUT2D eigenvalue weighted by molar-refractivity contribution is 6.30. The molecule has 0 unspecified atom stereocenters. The van der Waals surface area contributed by atoms with Gasteiger partial charge in [-0.2, -0.15) is 0 Å². The fourth-order valence-electron chi connectivity index (χ4n) is 3.42. The Labute approximate surface area is 178 Å². The molecule has 0 aliphatic carbocycles. The van der Waals surface area contributed by atoms with Crippen molar-refractivity contribution in [2.45, 2.75) is 39.4 Å². The maximum Gasteiger partial charge on any atom is 0.222 e. The van der Waals surface area contributed by atoms with E-state index in [0.717, 1.165) is 42.6 Å². The number of aliphatic imine (C=N–C) groups is 1. The van der Waals surface area contributed by atoms with E-state index < -0.39 is 0 Å². The number of nitrogens with one attached hydrogen (secondary N) is 1. The Kier molecular flexibility index (Phi) is 7.53. The Morgan fingerprint density at radius 1 is 1.10 bits per heavy atom. The van der Waals surface area contributed by atoms with Crippen molar-refractivity contribution in [3.63, 3.8) is 0 Å². The zero-order chi connectivity index (χ0) is 20.6. The van der Waals surface area contributed by atoms with Gasteiger partial charge in [-0.25, -0.2) is 4.99 Å². The number of nitrogens with zero attached hydrogens (tertiary/aromatic N) is 3. The van der Waals surface area contributed by atoms with E-state index in [1.807, 2.05) is 36.2 Å². The van der Waals surface area contributed by atoms with E-state index >= 15 is 0 Å². The molecule has 1 aliphatic heterocycles. The molecule has 2 aromatic rings. The number of likely N-dealkylation sites (tertiary alicyclic amines) is 1. The molecule has 6 heteroatoms. The molecule has 1 heterocycles. The molecule has 0 aromatic heterocycles. The maximum absolute atomic E-state index is 11.8. The Morgan fingerprint density at radius 3 is 2.38 bits per heavy atom. The van der Waals surface area contributed by atoms with Crippen molar-refractivity contribution in [1.82, 2.24) is 15.1 Å². The predicted molar refractivity (Wildman–Crippen MR) is 119 cm³/mol. The normalized spacial score (nSPS) is 14.4. The smallest absolute Gasteiger partial charge is 0.222 e. The highest BCUT2D eigenvalue weighted by Gasteiger charge is 2.19. The number of rotatable bonds is 7. The van der Waals surface area contributed by atoms with Crippen LogP contribution < -0.4 is 5.32 Å². The number of carbonyl (C=O) groups excluding carboxylic acids is 1. The molecule has 0 atom stereocenters. The minimum atomic E-state index is 0.262. The molecule has 1 N–H and O–H groups in total. The molecule has 29 heavy (non-hydrogen) atoms. The third-order valence-electron chi connectivity index (χ3n) is 5.01. The first-order valence-corrected chi connectivity index (χ1v) is 10.5. The molecule has 3 rings (SSSR count). The van der Waals surface area contributed by atoms with Crippen molar-refractivity contribution in [3.8, 4) is 0 Å². The molecule has 0 radical (unpaired) electrons. The van der Waals surface area contributed by atoms with Crippen LogP contribution >= 0.6 is 11.6 Å². The number of hydrogen-bond acceptors (Lipinski definition) is 2. The number of amides is 1. The van der Waals surface area contributed by atoms with Crippen molar-refractivity contribution in [1.29, 1.82) is 0 Å². The Balaban J connectivity index is 1.60. The SMILES string of the molecule is CCNC(=NCc1ccc(CN2CCCC2=O)cc1)N(C)Cc1ccc(Cl)cc1. The van der Waals surface area contributed by atoms with Crippen LogP contribution in [-0.4, -0.2) is 41.8 Å². The highest BCUT2D eigenvalue weighted by atomic mass is 35.5. The molecule has 1 aliphatic rings. The average Bonchev–Trinajstić information content (AvgIpc) is 3.12. The maximum atomic E-state index is 11.8. The molecular weight excluding hydrogens is 384 g/mol. The lowest BCUT2D eigenvalue weighted by Crippen LogP contribution is -2.38. The zero-order valence-electron chi connectivity index (χ0n) is 17.2. The lowest BCUT2D eigenvalue weighted by molar-refractivity contribution is -0.128.